The molecule has 0 spiro atoms. The number of benzene rings is 1. The summed E-state index contributed by atoms with van der Waals surface area (Å²) in [5.74, 6) is -0.769. The molecule has 1 amide bonds. The molecule has 2 fully saturated rings. The Morgan fingerprint density at radius 1 is 1.23 bits per heavy atom. The minimum atomic E-state index is -0.934. The molecule has 1 saturated heterocycles. The number of nitrogens with zero attached hydrogens (tertiary/aromatic N) is 1. The SMILES string of the molecule is COc1ccc(CN2C(=O)[C@H](C(C)=O)[C@H]2C(=O)OC2CCCC(C)(C(C)C)C2)cc1. The molecular formula is C24H33NO5. The zero-order valence-corrected chi connectivity index (χ0v) is 18.6. The van der Waals surface area contributed by atoms with E-state index in [1.54, 1.807) is 7.11 Å². The summed E-state index contributed by atoms with van der Waals surface area (Å²) in [6.45, 7) is 8.29. The van der Waals surface area contributed by atoms with Crippen molar-refractivity contribution in [2.24, 2.45) is 17.3 Å². The third-order valence-corrected chi connectivity index (χ3v) is 7.04. The fraction of sp³-hybridized carbons (Fsp3) is 0.625. The molecule has 1 saturated carbocycles. The lowest BCUT2D eigenvalue weighted by Gasteiger charge is -2.46. The Labute approximate surface area is 178 Å². The van der Waals surface area contributed by atoms with Gasteiger partial charge in [0.2, 0.25) is 5.91 Å². The number of amides is 1. The molecule has 0 bridgehead atoms. The topological polar surface area (TPSA) is 72.9 Å². The summed E-state index contributed by atoms with van der Waals surface area (Å²) in [6, 6.07) is 6.48. The van der Waals surface area contributed by atoms with Crippen molar-refractivity contribution in [2.45, 2.75) is 72.1 Å². The smallest absolute Gasteiger partial charge is 0.330 e. The van der Waals surface area contributed by atoms with Crippen LogP contribution in [0.5, 0.6) is 5.75 Å². The number of ether oxygens (including phenoxy) is 2. The highest BCUT2D eigenvalue weighted by atomic mass is 16.5. The predicted molar refractivity (Wildman–Crippen MR) is 113 cm³/mol. The van der Waals surface area contributed by atoms with Crippen molar-refractivity contribution in [3.05, 3.63) is 29.8 Å². The Morgan fingerprint density at radius 3 is 2.47 bits per heavy atom. The number of likely N-dealkylation sites (tertiary alicyclic amines) is 1. The van der Waals surface area contributed by atoms with Crippen molar-refractivity contribution in [3.8, 4) is 5.75 Å². The largest absolute Gasteiger partial charge is 0.497 e. The fourth-order valence-electron chi connectivity index (χ4n) is 4.63. The molecule has 2 aliphatic rings. The van der Waals surface area contributed by atoms with Crippen molar-refractivity contribution in [2.75, 3.05) is 7.11 Å². The van der Waals surface area contributed by atoms with Gasteiger partial charge in [-0.1, -0.05) is 32.9 Å². The van der Waals surface area contributed by atoms with Gasteiger partial charge < -0.3 is 14.4 Å². The summed E-state index contributed by atoms with van der Waals surface area (Å²) in [5, 5.41) is 0. The van der Waals surface area contributed by atoms with Gasteiger partial charge in [-0.25, -0.2) is 4.79 Å². The van der Waals surface area contributed by atoms with Crippen LogP contribution in [-0.2, 0) is 25.7 Å². The molecule has 1 heterocycles. The normalized spacial score (nSPS) is 28.8. The number of carbonyl (C=O) groups is 3. The first-order chi connectivity index (χ1) is 14.2. The van der Waals surface area contributed by atoms with Crippen LogP contribution in [-0.4, -0.2) is 41.8 Å². The van der Waals surface area contributed by atoms with Crippen LogP contribution in [0.25, 0.3) is 0 Å². The molecule has 3 rings (SSSR count). The summed E-state index contributed by atoms with van der Waals surface area (Å²) in [6.07, 6.45) is 3.63. The van der Waals surface area contributed by atoms with Gasteiger partial charge in [0.05, 0.1) is 7.11 Å². The second-order valence-corrected chi connectivity index (χ2v) is 9.31. The summed E-state index contributed by atoms with van der Waals surface area (Å²) >= 11 is 0. The first-order valence-corrected chi connectivity index (χ1v) is 10.8. The monoisotopic (exact) mass is 415 g/mol. The van der Waals surface area contributed by atoms with E-state index in [1.165, 1.54) is 11.8 Å². The third-order valence-electron chi connectivity index (χ3n) is 7.04. The maximum atomic E-state index is 13.0. The highest BCUT2D eigenvalue weighted by Gasteiger charge is 2.55. The van der Waals surface area contributed by atoms with Crippen LogP contribution >= 0.6 is 0 Å². The number of hydrogen-bond donors (Lipinski definition) is 0. The molecule has 2 unspecified atom stereocenters. The number of carbonyl (C=O) groups excluding carboxylic acids is 3. The molecule has 4 atom stereocenters. The lowest BCUT2D eigenvalue weighted by atomic mass is 9.67. The molecule has 30 heavy (non-hydrogen) atoms. The van der Waals surface area contributed by atoms with Crippen molar-refractivity contribution >= 4 is 17.7 Å². The Kier molecular flexibility index (Phi) is 6.53. The van der Waals surface area contributed by atoms with Crippen molar-refractivity contribution < 1.29 is 23.9 Å². The molecule has 0 N–H and O–H groups in total. The van der Waals surface area contributed by atoms with Crippen molar-refractivity contribution in [3.63, 3.8) is 0 Å². The van der Waals surface area contributed by atoms with Crippen LogP contribution in [0, 0.1) is 17.3 Å². The van der Waals surface area contributed by atoms with Gasteiger partial charge in [-0.2, -0.15) is 0 Å². The number of β-lactam (4-membered cyclic amide) rings is 1. The zero-order valence-electron chi connectivity index (χ0n) is 18.6. The molecule has 1 aromatic carbocycles. The fourth-order valence-corrected chi connectivity index (χ4v) is 4.63. The van der Waals surface area contributed by atoms with Crippen LogP contribution < -0.4 is 4.74 Å². The Balaban J connectivity index is 1.71. The molecule has 1 aliphatic carbocycles. The first-order valence-electron chi connectivity index (χ1n) is 10.8. The van der Waals surface area contributed by atoms with Crippen LogP contribution in [0.1, 0.15) is 58.9 Å². The Morgan fingerprint density at radius 2 is 1.90 bits per heavy atom. The van der Waals surface area contributed by atoms with Gasteiger partial charge in [-0.15, -0.1) is 0 Å². The molecule has 0 aromatic heterocycles. The highest BCUT2D eigenvalue weighted by molar-refractivity contribution is 6.11. The molecule has 164 valence electrons. The molecule has 1 aliphatic heterocycles. The van der Waals surface area contributed by atoms with E-state index in [-0.39, 0.29) is 29.8 Å². The third kappa shape index (κ3) is 4.37. The van der Waals surface area contributed by atoms with E-state index < -0.39 is 17.9 Å². The maximum absolute atomic E-state index is 13.0. The minimum absolute atomic E-state index is 0.140. The van der Waals surface area contributed by atoms with Gasteiger partial charge in [-0.3, -0.25) is 9.59 Å². The summed E-state index contributed by atoms with van der Waals surface area (Å²) in [4.78, 5) is 39.2. The number of hydrogen-bond acceptors (Lipinski definition) is 5. The number of Topliss-reactive ketones (excluding diaryl/α,β-unsaturated/α-hetero) is 1. The van der Waals surface area contributed by atoms with E-state index in [9.17, 15) is 14.4 Å². The predicted octanol–water partition coefficient (Wildman–Crippen LogP) is 3.76. The van der Waals surface area contributed by atoms with E-state index in [1.807, 2.05) is 24.3 Å². The summed E-state index contributed by atoms with van der Waals surface area (Å²) in [7, 11) is 1.59. The molecular weight excluding hydrogens is 382 g/mol. The minimum Gasteiger partial charge on any atom is -0.497 e. The van der Waals surface area contributed by atoms with Gasteiger partial charge in [0.1, 0.15) is 29.6 Å². The van der Waals surface area contributed by atoms with Gasteiger partial charge >= 0.3 is 5.97 Å². The lowest BCUT2D eigenvalue weighted by molar-refractivity contribution is -0.182. The first kappa shape index (κ1) is 22.3. The number of ketones is 1. The lowest BCUT2D eigenvalue weighted by Crippen LogP contribution is -2.66. The average Bonchev–Trinajstić information content (AvgIpc) is 2.69. The van der Waals surface area contributed by atoms with Crippen molar-refractivity contribution in [1.82, 2.24) is 4.90 Å². The van der Waals surface area contributed by atoms with Gasteiger partial charge in [0.15, 0.2) is 0 Å². The molecule has 6 nitrogen and oxygen atoms in total. The number of rotatable bonds is 7. The van der Waals surface area contributed by atoms with Crippen molar-refractivity contribution in [1.29, 1.82) is 0 Å². The molecule has 0 radical (unpaired) electrons. The Bertz CT molecular complexity index is 802. The number of esters is 1. The van der Waals surface area contributed by atoms with Crippen LogP contribution in [0.4, 0.5) is 0 Å². The van der Waals surface area contributed by atoms with Crippen LogP contribution in [0.3, 0.4) is 0 Å². The average molecular weight is 416 g/mol. The summed E-state index contributed by atoms with van der Waals surface area (Å²) < 4.78 is 11.0. The van der Waals surface area contributed by atoms with Gasteiger partial charge in [0.25, 0.3) is 0 Å². The van der Waals surface area contributed by atoms with Gasteiger partial charge in [-0.05, 0) is 61.6 Å². The van der Waals surface area contributed by atoms with Crippen LogP contribution in [0.2, 0.25) is 0 Å². The highest BCUT2D eigenvalue weighted by Crippen LogP contribution is 2.43. The number of methoxy groups -OCH3 is 1. The van der Waals surface area contributed by atoms with Gasteiger partial charge in [0, 0.05) is 6.54 Å². The standard InChI is InChI=1S/C24H33NO5/c1-15(2)24(4)12-6-7-19(13-24)30-23(28)21-20(16(3)26)22(27)25(21)14-17-8-10-18(29-5)11-9-17/h8-11,15,19-21H,6-7,12-14H2,1-5H3/t19?,20-,21+,24?/m1/s1. The zero-order chi connectivity index (χ0) is 22.1. The van der Waals surface area contributed by atoms with E-state index in [0.29, 0.717) is 5.92 Å². The van der Waals surface area contributed by atoms with Crippen LogP contribution in [0.15, 0.2) is 24.3 Å². The van der Waals surface area contributed by atoms with E-state index in [0.717, 1.165) is 37.0 Å². The summed E-state index contributed by atoms with van der Waals surface area (Å²) in [5.41, 5.74) is 1.01. The molecule has 1 aromatic rings. The second-order valence-electron chi connectivity index (χ2n) is 9.31. The molecule has 6 heteroatoms. The quantitative estimate of drug-likeness (QED) is 0.385. The maximum Gasteiger partial charge on any atom is 0.330 e. The second kappa shape index (κ2) is 8.78. The van der Waals surface area contributed by atoms with E-state index in [2.05, 4.69) is 20.8 Å². The van der Waals surface area contributed by atoms with E-state index >= 15 is 0 Å². The Hall–Kier alpha value is -2.37. The van der Waals surface area contributed by atoms with E-state index in [4.69, 9.17) is 9.47 Å².